The van der Waals surface area contributed by atoms with Crippen LogP contribution >= 0.6 is 27.5 Å². The van der Waals surface area contributed by atoms with Crippen molar-refractivity contribution in [1.29, 1.82) is 0 Å². The highest BCUT2D eigenvalue weighted by Crippen LogP contribution is 2.23. The molecule has 0 saturated heterocycles. The van der Waals surface area contributed by atoms with Gasteiger partial charge in [0.15, 0.2) is 0 Å². The Morgan fingerprint density at radius 2 is 2.29 bits per heavy atom. The van der Waals surface area contributed by atoms with E-state index in [4.69, 9.17) is 17.3 Å². The average molecular weight is 321 g/mol. The number of carbonyl (C=O) groups is 1. The second-order valence-electron chi connectivity index (χ2n) is 3.81. The van der Waals surface area contributed by atoms with E-state index in [2.05, 4.69) is 20.7 Å². The first-order valence-corrected chi connectivity index (χ1v) is 6.46. The summed E-state index contributed by atoms with van der Waals surface area (Å²) < 4.78 is 5.51. The molecule has 0 aromatic heterocycles. The predicted molar refractivity (Wildman–Crippen MR) is 72.1 cm³/mol. The number of halogens is 2. The third-order valence-electron chi connectivity index (χ3n) is 2.44. The molecule has 0 amide bonds. The van der Waals surface area contributed by atoms with Crippen LogP contribution in [0.1, 0.15) is 18.4 Å². The van der Waals surface area contributed by atoms with Crippen LogP contribution in [0.4, 0.5) is 0 Å². The zero-order valence-electron chi connectivity index (χ0n) is 9.58. The number of nitrogens with two attached hydrogens (primary N) is 1. The lowest BCUT2D eigenvalue weighted by molar-refractivity contribution is -0.140. The monoisotopic (exact) mass is 319 g/mol. The number of esters is 1. The van der Waals surface area contributed by atoms with Crippen LogP contribution in [0.5, 0.6) is 0 Å². The van der Waals surface area contributed by atoms with Crippen LogP contribution in [-0.4, -0.2) is 19.1 Å². The second kappa shape index (κ2) is 6.99. The van der Waals surface area contributed by atoms with E-state index in [0.29, 0.717) is 24.3 Å². The van der Waals surface area contributed by atoms with Gasteiger partial charge in [0.25, 0.3) is 0 Å². The zero-order chi connectivity index (χ0) is 12.8. The fourth-order valence-electron chi connectivity index (χ4n) is 1.48. The van der Waals surface area contributed by atoms with Gasteiger partial charge in [0.1, 0.15) is 0 Å². The van der Waals surface area contributed by atoms with Gasteiger partial charge in [0, 0.05) is 22.0 Å². The van der Waals surface area contributed by atoms with Crippen LogP contribution in [0.3, 0.4) is 0 Å². The maximum atomic E-state index is 11.0. The molecule has 0 aliphatic carbocycles. The summed E-state index contributed by atoms with van der Waals surface area (Å²) in [6.45, 7) is 0. The molecule has 0 saturated carbocycles. The molecule has 3 nitrogen and oxygen atoms in total. The molecule has 17 heavy (non-hydrogen) atoms. The van der Waals surface area contributed by atoms with E-state index in [-0.39, 0.29) is 12.0 Å². The third-order valence-corrected chi connectivity index (χ3v) is 3.42. The summed E-state index contributed by atoms with van der Waals surface area (Å²) in [5, 5.41) is 0.684. The quantitative estimate of drug-likeness (QED) is 0.849. The number of benzene rings is 1. The fraction of sp³-hybridized carbons (Fsp3) is 0.417. The molecule has 0 fully saturated rings. The van der Waals surface area contributed by atoms with E-state index in [1.165, 1.54) is 7.11 Å². The van der Waals surface area contributed by atoms with Gasteiger partial charge < -0.3 is 10.5 Å². The lowest BCUT2D eigenvalue weighted by Gasteiger charge is -2.12. The fourth-order valence-corrected chi connectivity index (χ4v) is 2.32. The summed E-state index contributed by atoms with van der Waals surface area (Å²) in [5.41, 5.74) is 7.04. The van der Waals surface area contributed by atoms with Crippen molar-refractivity contribution in [2.45, 2.75) is 25.3 Å². The average Bonchev–Trinajstić information content (AvgIpc) is 2.29. The standard InChI is InChI=1S/C12H15BrClNO2/c1-17-12(16)5-4-10(15)6-8-2-3-9(14)7-11(8)13/h2-3,7,10H,4-6,15H2,1H3. The largest absolute Gasteiger partial charge is 0.469 e. The van der Waals surface area contributed by atoms with E-state index in [0.717, 1.165) is 10.0 Å². The highest BCUT2D eigenvalue weighted by Gasteiger charge is 2.10. The minimum Gasteiger partial charge on any atom is -0.469 e. The van der Waals surface area contributed by atoms with Gasteiger partial charge in [-0.2, -0.15) is 0 Å². The number of hydrogen-bond acceptors (Lipinski definition) is 3. The zero-order valence-corrected chi connectivity index (χ0v) is 11.9. The summed E-state index contributed by atoms with van der Waals surface area (Å²) >= 11 is 9.29. The first-order chi connectivity index (χ1) is 8.02. The van der Waals surface area contributed by atoms with E-state index in [9.17, 15) is 4.79 Å². The van der Waals surface area contributed by atoms with Crippen LogP contribution in [-0.2, 0) is 16.0 Å². The Morgan fingerprint density at radius 3 is 2.88 bits per heavy atom. The van der Waals surface area contributed by atoms with Crippen LogP contribution in [0.15, 0.2) is 22.7 Å². The van der Waals surface area contributed by atoms with Crippen molar-refractivity contribution in [3.63, 3.8) is 0 Å². The molecule has 94 valence electrons. The summed E-state index contributed by atoms with van der Waals surface area (Å²) in [5.74, 6) is -0.226. The Labute approximate surface area is 114 Å². The van der Waals surface area contributed by atoms with Crippen molar-refractivity contribution >= 4 is 33.5 Å². The molecule has 1 rings (SSSR count). The Bertz CT molecular complexity index is 398. The van der Waals surface area contributed by atoms with Crippen LogP contribution in [0.25, 0.3) is 0 Å². The normalized spacial score (nSPS) is 12.2. The summed E-state index contributed by atoms with van der Waals surface area (Å²) in [6, 6.07) is 5.54. The number of methoxy groups -OCH3 is 1. The molecular weight excluding hydrogens is 305 g/mol. The maximum Gasteiger partial charge on any atom is 0.305 e. The van der Waals surface area contributed by atoms with Gasteiger partial charge in [-0.15, -0.1) is 0 Å². The van der Waals surface area contributed by atoms with Gasteiger partial charge in [-0.25, -0.2) is 0 Å². The lowest BCUT2D eigenvalue weighted by Crippen LogP contribution is -2.24. The van der Waals surface area contributed by atoms with Gasteiger partial charge in [-0.05, 0) is 30.5 Å². The van der Waals surface area contributed by atoms with Crippen molar-refractivity contribution < 1.29 is 9.53 Å². The molecule has 1 unspecified atom stereocenters. The summed E-state index contributed by atoms with van der Waals surface area (Å²) in [4.78, 5) is 11.0. The Balaban J connectivity index is 2.50. The van der Waals surface area contributed by atoms with Crippen LogP contribution in [0.2, 0.25) is 5.02 Å². The van der Waals surface area contributed by atoms with Crippen molar-refractivity contribution in [3.05, 3.63) is 33.3 Å². The van der Waals surface area contributed by atoms with Gasteiger partial charge in [0.05, 0.1) is 7.11 Å². The Morgan fingerprint density at radius 1 is 1.59 bits per heavy atom. The Hall–Kier alpha value is -0.580. The number of hydrogen-bond donors (Lipinski definition) is 1. The first-order valence-electron chi connectivity index (χ1n) is 5.29. The van der Waals surface area contributed by atoms with E-state index < -0.39 is 0 Å². The van der Waals surface area contributed by atoms with E-state index in [1.807, 2.05) is 18.2 Å². The number of carbonyl (C=O) groups excluding carboxylic acids is 1. The van der Waals surface area contributed by atoms with E-state index in [1.54, 1.807) is 0 Å². The molecule has 1 aromatic carbocycles. The minimum absolute atomic E-state index is 0.0634. The van der Waals surface area contributed by atoms with Crippen molar-refractivity contribution in [1.82, 2.24) is 0 Å². The molecule has 0 heterocycles. The molecule has 0 aliphatic heterocycles. The Kier molecular flexibility index (Phi) is 5.95. The molecule has 1 aromatic rings. The summed E-state index contributed by atoms with van der Waals surface area (Å²) in [6.07, 6.45) is 1.67. The highest BCUT2D eigenvalue weighted by atomic mass is 79.9. The minimum atomic E-state index is -0.226. The van der Waals surface area contributed by atoms with Crippen LogP contribution < -0.4 is 5.73 Å². The first kappa shape index (κ1) is 14.5. The lowest BCUT2D eigenvalue weighted by atomic mass is 10.0. The van der Waals surface area contributed by atoms with Gasteiger partial charge in [-0.1, -0.05) is 33.6 Å². The topological polar surface area (TPSA) is 52.3 Å². The molecule has 0 radical (unpaired) electrons. The molecule has 0 bridgehead atoms. The maximum absolute atomic E-state index is 11.0. The van der Waals surface area contributed by atoms with E-state index >= 15 is 0 Å². The molecular formula is C12H15BrClNO2. The van der Waals surface area contributed by atoms with Crippen molar-refractivity contribution in [3.8, 4) is 0 Å². The molecule has 0 aliphatic rings. The number of rotatable bonds is 5. The third kappa shape index (κ3) is 5.06. The smallest absolute Gasteiger partial charge is 0.305 e. The summed E-state index contributed by atoms with van der Waals surface area (Å²) in [7, 11) is 1.38. The van der Waals surface area contributed by atoms with Crippen molar-refractivity contribution in [2.24, 2.45) is 5.73 Å². The molecule has 5 heteroatoms. The highest BCUT2D eigenvalue weighted by molar-refractivity contribution is 9.10. The molecule has 0 spiro atoms. The van der Waals surface area contributed by atoms with Crippen molar-refractivity contribution in [2.75, 3.05) is 7.11 Å². The van der Waals surface area contributed by atoms with Crippen LogP contribution in [0, 0.1) is 0 Å². The molecule has 1 atom stereocenters. The second-order valence-corrected chi connectivity index (χ2v) is 5.11. The van der Waals surface area contributed by atoms with Gasteiger partial charge >= 0.3 is 5.97 Å². The van der Waals surface area contributed by atoms with Gasteiger partial charge in [-0.3, -0.25) is 4.79 Å². The predicted octanol–water partition coefficient (Wildman–Crippen LogP) is 2.93. The number of ether oxygens (including phenoxy) is 1. The van der Waals surface area contributed by atoms with Gasteiger partial charge in [0.2, 0.25) is 0 Å². The molecule has 2 N–H and O–H groups in total. The SMILES string of the molecule is COC(=O)CCC(N)Cc1ccc(Cl)cc1Br.